The van der Waals surface area contributed by atoms with Gasteiger partial charge in [-0.1, -0.05) is 12.1 Å². The number of carbonyl (C=O) groups is 1. The minimum Gasteiger partial charge on any atom is -0.308 e. The van der Waals surface area contributed by atoms with Gasteiger partial charge in [-0.05, 0) is 62.4 Å². The molecule has 1 saturated heterocycles. The van der Waals surface area contributed by atoms with E-state index >= 15 is 0 Å². The molecule has 2 aromatic carbocycles. The summed E-state index contributed by atoms with van der Waals surface area (Å²) in [5, 5.41) is 11.5. The molecule has 0 radical (unpaired) electrons. The van der Waals surface area contributed by atoms with Crippen molar-refractivity contribution in [1.29, 1.82) is 0 Å². The van der Waals surface area contributed by atoms with E-state index in [9.17, 15) is 23.3 Å². The Morgan fingerprint density at radius 3 is 2.50 bits per heavy atom. The first-order valence-electron chi connectivity index (χ1n) is 9.99. The zero-order valence-electron chi connectivity index (χ0n) is 16.7. The molecule has 9 heteroatoms. The molecule has 0 aromatic heterocycles. The van der Waals surface area contributed by atoms with Crippen LogP contribution in [-0.4, -0.2) is 43.2 Å². The number of sulfonamides is 1. The number of carbonyl (C=O) groups excluding carboxylic acids is 1. The van der Waals surface area contributed by atoms with Crippen LogP contribution in [0.4, 0.5) is 11.4 Å². The second-order valence-corrected chi connectivity index (χ2v) is 9.63. The number of benzene rings is 2. The van der Waals surface area contributed by atoms with E-state index in [4.69, 9.17) is 0 Å². The van der Waals surface area contributed by atoms with Crippen molar-refractivity contribution in [3.63, 3.8) is 0 Å². The lowest BCUT2D eigenvalue weighted by Crippen LogP contribution is -2.36. The number of nitro benzene ring substituents is 1. The maximum atomic E-state index is 13.2. The van der Waals surface area contributed by atoms with Crippen LogP contribution in [0, 0.1) is 17.0 Å². The van der Waals surface area contributed by atoms with Gasteiger partial charge >= 0.3 is 0 Å². The van der Waals surface area contributed by atoms with E-state index in [2.05, 4.69) is 0 Å². The zero-order valence-corrected chi connectivity index (χ0v) is 17.5. The molecule has 2 aliphatic rings. The van der Waals surface area contributed by atoms with Gasteiger partial charge in [-0.2, -0.15) is 4.31 Å². The highest BCUT2D eigenvalue weighted by Crippen LogP contribution is 2.34. The smallest absolute Gasteiger partial charge is 0.285 e. The average Bonchev–Trinajstić information content (AvgIpc) is 3.27. The van der Waals surface area contributed by atoms with Gasteiger partial charge in [-0.25, -0.2) is 8.42 Å². The average molecular weight is 429 g/mol. The number of nitrogens with zero attached hydrogens (tertiary/aromatic N) is 3. The quantitative estimate of drug-likeness (QED) is 0.548. The lowest BCUT2D eigenvalue weighted by atomic mass is 10.00. The summed E-state index contributed by atoms with van der Waals surface area (Å²) in [6.45, 7) is 3.09. The molecule has 30 heavy (non-hydrogen) atoms. The van der Waals surface area contributed by atoms with Gasteiger partial charge < -0.3 is 4.90 Å². The number of hydrogen-bond donors (Lipinski definition) is 0. The Bertz CT molecular complexity index is 1120. The first-order valence-corrected chi connectivity index (χ1v) is 11.4. The van der Waals surface area contributed by atoms with Crippen molar-refractivity contribution in [2.75, 3.05) is 24.5 Å². The van der Waals surface area contributed by atoms with Crippen LogP contribution in [0.15, 0.2) is 41.3 Å². The summed E-state index contributed by atoms with van der Waals surface area (Å²) in [6, 6.07) is 9.53. The Morgan fingerprint density at radius 1 is 1.07 bits per heavy atom. The molecule has 0 unspecified atom stereocenters. The SMILES string of the molecule is Cc1cccc(C(=O)N2CCCc3cc(S(=O)(=O)N4CCCC4)ccc32)c1[N+](=O)[O-]. The van der Waals surface area contributed by atoms with Crippen LogP contribution in [-0.2, 0) is 16.4 Å². The molecule has 0 N–H and O–H groups in total. The zero-order chi connectivity index (χ0) is 21.5. The van der Waals surface area contributed by atoms with Gasteiger partial charge in [-0.3, -0.25) is 14.9 Å². The standard InChI is InChI=1S/C21H23N3O5S/c1-15-6-4-8-18(20(15)24(26)27)21(25)23-13-5-7-16-14-17(9-10-19(16)23)30(28,29)22-11-2-3-12-22/h4,6,8-10,14H,2-3,5,7,11-13H2,1H3. The Kier molecular flexibility index (Phi) is 5.33. The normalized spacial score (nSPS) is 17.0. The number of anilines is 1. The summed E-state index contributed by atoms with van der Waals surface area (Å²) >= 11 is 0. The maximum Gasteiger partial charge on any atom is 0.285 e. The van der Waals surface area contributed by atoms with E-state index in [0.29, 0.717) is 43.7 Å². The highest BCUT2D eigenvalue weighted by atomic mass is 32.2. The molecule has 0 saturated carbocycles. The lowest BCUT2D eigenvalue weighted by Gasteiger charge is -2.30. The molecule has 2 aromatic rings. The highest BCUT2D eigenvalue weighted by molar-refractivity contribution is 7.89. The number of fused-ring (bicyclic) bond motifs is 1. The third kappa shape index (κ3) is 3.48. The topological polar surface area (TPSA) is 101 Å². The fourth-order valence-corrected chi connectivity index (χ4v) is 5.81. The van der Waals surface area contributed by atoms with Crippen LogP contribution in [0.2, 0.25) is 0 Å². The predicted octanol–water partition coefficient (Wildman–Crippen LogP) is 3.28. The second-order valence-electron chi connectivity index (χ2n) is 7.69. The van der Waals surface area contributed by atoms with Crippen LogP contribution in [0.3, 0.4) is 0 Å². The number of para-hydroxylation sites is 1. The molecule has 1 fully saturated rings. The van der Waals surface area contributed by atoms with Crippen molar-refractivity contribution in [3.05, 3.63) is 63.2 Å². The Labute approximate surface area is 175 Å². The summed E-state index contributed by atoms with van der Waals surface area (Å²) in [6.07, 6.45) is 3.04. The molecular formula is C21H23N3O5S. The maximum absolute atomic E-state index is 13.2. The van der Waals surface area contributed by atoms with Gasteiger partial charge in [0.1, 0.15) is 5.56 Å². The van der Waals surface area contributed by atoms with Crippen molar-refractivity contribution < 1.29 is 18.1 Å². The van der Waals surface area contributed by atoms with E-state index in [-0.39, 0.29) is 16.1 Å². The number of aryl methyl sites for hydroxylation is 2. The summed E-state index contributed by atoms with van der Waals surface area (Å²) in [5.74, 6) is -0.443. The minimum absolute atomic E-state index is 0.0432. The molecule has 8 nitrogen and oxygen atoms in total. The van der Waals surface area contributed by atoms with E-state index in [1.54, 1.807) is 31.2 Å². The van der Waals surface area contributed by atoms with Crippen LogP contribution >= 0.6 is 0 Å². The van der Waals surface area contributed by atoms with E-state index in [1.165, 1.54) is 21.3 Å². The molecule has 0 bridgehead atoms. The number of nitro groups is 1. The van der Waals surface area contributed by atoms with E-state index in [1.807, 2.05) is 0 Å². The van der Waals surface area contributed by atoms with Crippen LogP contribution < -0.4 is 4.90 Å². The number of hydrogen-bond acceptors (Lipinski definition) is 5. The molecule has 0 spiro atoms. The molecule has 2 aliphatic heterocycles. The molecule has 0 atom stereocenters. The Morgan fingerprint density at radius 2 is 1.80 bits per heavy atom. The van der Waals surface area contributed by atoms with Gasteiger partial charge in [0.05, 0.1) is 9.82 Å². The molecular weight excluding hydrogens is 406 g/mol. The van der Waals surface area contributed by atoms with Gasteiger partial charge in [0.25, 0.3) is 11.6 Å². The van der Waals surface area contributed by atoms with Crippen LogP contribution in [0.25, 0.3) is 0 Å². The summed E-state index contributed by atoms with van der Waals surface area (Å²) in [4.78, 5) is 26.0. The first-order chi connectivity index (χ1) is 14.3. The van der Waals surface area contributed by atoms with Crippen molar-refractivity contribution >= 4 is 27.3 Å². The molecule has 1 amide bonds. The third-order valence-electron chi connectivity index (χ3n) is 5.77. The lowest BCUT2D eigenvalue weighted by molar-refractivity contribution is -0.385. The van der Waals surface area contributed by atoms with Crippen molar-refractivity contribution in [1.82, 2.24) is 4.31 Å². The fraction of sp³-hybridized carbons (Fsp3) is 0.381. The second kappa shape index (κ2) is 7.81. The fourth-order valence-electron chi connectivity index (χ4n) is 4.24. The monoisotopic (exact) mass is 429 g/mol. The minimum atomic E-state index is -3.55. The summed E-state index contributed by atoms with van der Waals surface area (Å²) in [7, 11) is -3.55. The van der Waals surface area contributed by atoms with Crippen LogP contribution in [0.5, 0.6) is 0 Å². The van der Waals surface area contributed by atoms with Crippen molar-refractivity contribution in [2.24, 2.45) is 0 Å². The molecule has 4 rings (SSSR count). The van der Waals surface area contributed by atoms with Gasteiger partial charge in [0, 0.05) is 30.9 Å². The summed E-state index contributed by atoms with van der Waals surface area (Å²) < 4.78 is 27.3. The first kappa shape index (κ1) is 20.5. The van der Waals surface area contributed by atoms with E-state index < -0.39 is 20.9 Å². The predicted molar refractivity (Wildman–Crippen MR) is 112 cm³/mol. The Balaban J connectivity index is 1.71. The van der Waals surface area contributed by atoms with Crippen molar-refractivity contribution in [3.8, 4) is 0 Å². The van der Waals surface area contributed by atoms with Gasteiger partial charge in [-0.15, -0.1) is 0 Å². The Hall–Kier alpha value is -2.78. The molecule has 158 valence electrons. The van der Waals surface area contributed by atoms with Gasteiger partial charge in [0.15, 0.2) is 0 Å². The highest BCUT2D eigenvalue weighted by Gasteiger charge is 2.32. The number of amides is 1. The third-order valence-corrected chi connectivity index (χ3v) is 7.66. The summed E-state index contributed by atoms with van der Waals surface area (Å²) in [5.41, 5.74) is 1.66. The van der Waals surface area contributed by atoms with Gasteiger partial charge in [0.2, 0.25) is 10.0 Å². The van der Waals surface area contributed by atoms with Crippen LogP contribution in [0.1, 0.15) is 40.7 Å². The van der Waals surface area contributed by atoms with E-state index in [0.717, 1.165) is 18.4 Å². The largest absolute Gasteiger partial charge is 0.308 e. The molecule has 2 heterocycles. The van der Waals surface area contributed by atoms with Crippen molar-refractivity contribution in [2.45, 2.75) is 37.5 Å². The molecule has 0 aliphatic carbocycles. The number of rotatable bonds is 4.